The normalized spacial score (nSPS) is 11.0. The number of aromatic amines is 1. The number of nitro groups is 1. The summed E-state index contributed by atoms with van der Waals surface area (Å²) >= 11 is 0. The molecular weight excluding hydrogens is 424 g/mol. The molecule has 1 amide bonds. The van der Waals surface area contributed by atoms with Crippen LogP contribution in [-0.2, 0) is 0 Å². The van der Waals surface area contributed by atoms with Gasteiger partial charge >= 0.3 is 0 Å². The van der Waals surface area contributed by atoms with E-state index < -0.39 is 10.8 Å². The summed E-state index contributed by atoms with van der Waals surface area (Å²) in [6.07, 6.45) is 1.46. The predicted octanol–water partition coefficient (Wildman–Crippen LogP) is 4.52. The molecule has 33 heavy (non-hydrogen) atoms. The first-order chi connectivity index (χ1) is 16.0. The molecular formula is C24H20N4O5. The molecule has 1 aromatic heterocycles. The molecule has 0 saturated heterocycles. The van der Waals surface area contributed by atoms with Gasteiger partial charge in [0, 0.05) is 40.2 Å². The lowest BCUT2D eigenvalue weighted by Gasteiger charge is -2.07. The first kappa shape index (κ1) is 21.6. The Labute approximate surface area is 188 Å². The molecule has 0 bridgehead atoms. The van der Waals surface area contributed by atoms with Gasteiger partial charge in [0.25, 0.3) is 11.6 Å². The van der Waals surface area contributed by atoms with Crippen LogP contribution < -0.4 is 14.9 Å². The zero-order chi connectivity index (χ0) is 23.4. The number of rotatable bonds is 7. The van der Waals surface area contributed by atoms with Crippen LogP contribution in [0, 0.1) is 10.1 Å². The lowest BCUT2D eigenvalue weighted by atomic mass is 10.0. The summed E-state index contributed by atoms with van der Waals surface area (Å²) < 4.78 is 10.5. The highest BCUT2D eigenvalue weighted by Crippen LogP contribution is 2.34. The fraction of sp³-hybridized carbons (Fsp3) is 0.0833. The van der Waals surface area contributed by atoms with Gasteiger partial charge in [-0.05, 0) is 23.8 Å². The number of hydrogen-bond donors (Lipinski definition) is 2. The number of carbonyl (C=O) groups is 1. The number of aromatic nitrogens is 1. The number of hydrogen-bond acceptors (Lipinski definition) is 6. The van der Waals surface area contributed by atoms with E-state index in [-0.39, 0.29) is 11.4 Å². The largest absolute Gasteiger partial charge is 0.497 e. The van der Waals surface area contributed by atoms with Crippen LogP contribution in [0.5, 0.6) is 11.5 Å². The molecule has 0 radical (unpaired) electrons. The molecule has 0 aliphatic carbocycles. The standard InChI is InChI=1S/C24H20N4O5/c1-32-18-10-8-16(21(13-18)33-2)14-25-27-24(29)23-22(15-6-4-3-5-7-15)19-12-17(28(30)31)9-11-20(19)26-23/h3-14,26H,1-2H3,(H,27,29)/b25-14+. The van der Waals surface area contributed by atoms with Crippen LogP contribution in [0.15, 0.2) is 71.8 Å². The van der Waals surface area contributed by atoms with Crippen molar-refractivity contribution in [3.8, 4) is 22.6 Å². The molecule has 0 spiro atoms. The van der Waals surface area contributed by atoms with Crippen LogP contribution in [-0.4, -0.2) is 36.2 Å². The molecule has 4 aromatic rings. The quantitative estimate of drug-likeness (QED) is 0.247. The van der Waals surface area contributed by atoms with E-state index in [4.69, 9.17) is 9.47 Å². The number of nitrogens with zero attached hydrogens (tertiary/aromatic N) is 2. The fourth-order valence-electron chi connectivity index (χ4n) is 3.51. The Kier molecular flexibility index (Phi) is 6.03. The van der Waals surface area contributed by atoms with Crippen LogP contribution in [0.25, 0.3) is 22.0 Å². The number of benzene rings is 3. The molecule has 0 saturated carbocycles. The molecule has 166 valence electrons. The van der Waals surface area contributed by atoms with Crippen molar-refractivity contribution in [1.29, 1.82) is 0 Å². The highest BCUT2D eigenvalue weighted by molar-refractivity contribution is 6.10. The molecule has 0 fully saturated rings. The average Bonchev–Trinajstić information content (AvgIpc) is 3.23. The number of carbonyl (C=O) groups excluding carboxylic acids is 1. The van der Waals surface area contributed by atoms with E-state index in [1.165, 1.54) is 25.5 Å². The zero-order valence-corrected chi connectivity index (χ0v) is 17.9. The number of ether oxygens (including phenoxy) is 2. The lowest BCUT2D eigenvalue weighted by molar-refractivity contribution is -0.384. The molecule has 2 N–H and O–H groups in total. The molecule has 0 aliphatic heterocycles. The Morgan fingerprint density at radius 3 is 2.55 bits per heavy atom. The predicted molar refractivity (Wildman–Crippen MR) is 125 cm³/mol. The van der Waals surface area contributed by atoms with Gasteiger partial charge in [0.15, 0.2) is 0 Å². The van der Waals surface area contributed by atoms with Crippen molar-refractivity contribution in [3.63, 3.8) is 0 Å². The molecule has 0 aliphatic rings. The summed E-state index contributed by atoms with van der Waals surface area (Å²) in [5, 5.41) is 15.9. The molecule has 1 heterocycles. The second-order valence-electron chi connectivity index (χ2n) is 7.04. The van der Waals surface area contributed by atoms with Crippen molar-refractivity contribution in [3.05, 3.63) is 88.1 Å². The van der Waals surface area contributed by atoms with Crippen molar-refractivity contribution >= 4 is 28.7 Å². The Bertz CT molecular complexity index is 1360. The summed E-state index contributed by atoms with van der Waals surface area (Å²) in [6, 6.07) is 18.8. The Balaban J connectivity index is 1.70. The fourth-order valence-corrected chi connectivity index (χ4v) is 3.51. The number of methoxy groups -OCH3 is 2. The topological polar surface area (TPSA) is 119 Å². The zero-order valence-electron chi connectivity index (χ0n) is 17.9. The Hall–Kier alpha value is -4.66. The van der Waals surface area contributed by atoms with E-state index in [9.17, 15) is 14.9 Å². The summed E-state index contributed by atoms with van der Waals surface area (Å²) in [6.45, 7) is 0. The summed E-state index contributed by atoms with van der Waals surface area (Å²) in [7, 11) is 3.09. The Morgan fingerprint density at radius 1 is 1.06 bits per heavy atom. The van der Waals surface area contributed by atoms with Crippen LogP contribution in [0.4, 0.5) is 5.69 Å². The smallest absolute Gasteiger partial charge is 0.288 e. The third kappa shape index (κ3) is 4.38. The SMILES string of the molecule is COc1ccc(/C=N/NC(=O)c2[nH]c3ccc([N+](=O)[O-])cc3c2-c2ccccc2)c(OC)c1. The number of amides is 1. The minimum absolute atomic E-state index is 0.0599. The minimum Gasteiger partial charge on any atom is -0.497 e. The van der Waals surface area contributed by atoms with E-state index in [0.717, 1.165) is 5.56 Å². The van der Waals surface area contributed by atoms with Crippen molar-refractivity contribution in [2.75, 3.05) is 14.2 Å². The maximum absolute atomic E-state index is 13.0. The van der Waals surface area contributed by atoms with Crippen LogP contribution in [0.2, 0.25) is 0 Å². The minimum atomic E-state index is -0.489. The van der Waals surface area contributed by atoms with Gasteiger partial charge in [-0.25, -0.2) is 5.43 Å². The van der Waals surface area contributed by atoms with E-state index in [2.05, 4.69) is 15.5 Å². The number of nitrogens with one attached hydrogen (secondary N) is 2. The van der Waals surface area contributed by atoms with E-state index in [1.54, 1.807) is 31.4 Å². The molecule has 9 heteroatoms. The highest BCUT2D eigenvalue weighted by atomic mass is 16.6. The van der Waals surface area contributed by atoms with Crippen molar-refractivity contribution in [2.45, 2.75) is 0 Å². The van der Waals surface area contributed by atoms with Crippen LogP contribution in [0.1, 0.15) is 16.1 Å². The van der Waals surface area contributed by atoms with Crippen molar-refractivity contribution in [1.82, 2.24) is 10.4 Å². The Morgan fingerprint density at radius 2 is 1.85 bits per heavy atom. The summed E-state index contributed by atoms with van der Waals surface area (Å²) in [5.41, 5.74) is 5.25. The monoisotopic (exact) mass is 444 g/mol. The van der Waals surface area contributed by atoms with E-state index in [1.807, 2.05) is 30.3 Å². The molecule has 3 aromatic carbocycles. The van der Waals surface area contributed by atoms with Gasteiger partial charge in [0.1, 0.15) is 17.2 Å². The lowest BCUT2D eigenvalue weighted by Crippen LogP contribution is -2.19. The maximum atomic E-state index is 13.0. The average molecular weight is 444 g/mol. The van der Waals surface area contributed by atoms with Gasteiger partial charge in [0.05, 0.1) is 25.4 Å². The first-order valence-corrected chi connectivity index (χ1v) is 9.92. The van der Waals surface area contributed by atoms with Gasteiger partial charge in [-0.2, -0.15) is 5.10 Å². The first-order valence-electron chi connectivity index (χ1n) is 9.92. The highest BCUT2D eigenvalue weighted by Gasteiger charge is 2.21. The molecule has 4 rings (SSSR count). The third-order valence-corrected chi connectivity index (χ3v) is 5.09. The number of hydrazone groups is 1. The maximum Gasteiger partial charge on any atom is 0.288 e. The number of fused-ring (bicyclic) bond motifs is 1. The van der Waals surface area contributed by atoms with E-state index in [0.29, 0.717) is 33.5 Å². The second kappa shape index (κ2) is 9.23. The van der Waals surface area contributed by atoms with Crippen LogP contribution >= 0.6 is 0 Å². The number of nitro benzene ring substituents is 1. The third-order valence-electron chi connectivity index (χ3n) is 5.09. The number of non-ortho nitro benzene ring substituents is 1. The molecule has 9 nitrogen and oxygen atoms in total. The van der Waals surface area contributed by atoms with Crippen molar-refractivity contribution in [2.24, 2.45) is 5.10 Å². The van der Waals surface area contributed by atoms with Gasteiger partial charge in [-0.3, -0.25) is 14.9 Å². The van der Waals surface area contributed by atoms with Crippen LogP contribution in [0.3, 0.4) is 0 Å². The summed E-state index contributed by atoms with van der Waals surface area (Å²) in [4.78, 5) is 26.9. The van der Waals surface area contributed by atoms with Gasteiger partial charge in [-0.1, -0.05) is 30.3 Å². The summed E-state index contributed by atoms with van der Waals surface area (Å²) in [5.74, 6) is 0.680. The van der Waals surface area contributed by atoms with Gasteiger partial charge < -0.3 is 14.5 Å². The van der Waals surface area contributed by atoms with E-state index >= 15 is 0 Å². The molecule has 0 unspecified atom stereocenters. The van der Waals surface area contributed by atoms with Gasteiger partial charge in [-0.15, -0.1) is 0 Å². The second-order valence-corrected chi connectivity index (χ2v) is 7.04. The van der Waals surface area contributed by atoms with Crippen molar-refractivity contribution < 1.29 is 19.2 Å². The van der Waals surface area contributed by atoms with Gasteiger partial charge in [0.2, 0.25) is 0 Å². The number of H-pyrrole nitrogens is 1. The molecule has 0 atom stereocenters.